The highest BCUT2D eigenvalue weighted by Gasteiger charge is 2.39. The second-order valence-corrected chi connectivity index (χ2v) is 5.65. The molecule has 2 atom stereocenters. The van der Waals surface area contributed by atoms with E-state index < -0.39 is 11.7 Å². The van der Waals surface area contributed by atoms with Crippen LogP contribution in [0.4, 0.5) is 18.9 Å². The molecule has 1 nitrogen and oxygen atoms in total. The molecule has 0 amide bonds. The molecule has 20 heavy (non-hydrogen) atoms. The van der Waals surface area contributed by atoms with E-state index in [1.165, 1.54) is 6.07 Å². The Hall–Kier alpha value is -0.900. The summed E-state index contributed by atoms with van der Waals surface area (Å²) < 4.78 is 39.9. The van der Waals surface area contributed by atoms with E-state index >= 15 is 0 Å². The third-order valence-electron chi connectivity index (χ3n) is 4.06. The number of halogens is 4. The van der Waals surface area contributed by atoms with Crippen LogP contribution in [-0.2, 0) is 12.1 Å². The van der Waals surface area contributed by atoms with Gasteiger partial charge in [0, 0.05) is 23.7 Å². The molecule has 1 aromatic carbocycles. The molecule has 2 unspecified atom stereocenters. The molecule has 0 radical (unpaired) electrons. The van der Waals surface area contributed by atoms with Gasteiger partial charge in [-0.25, -0.2) is 0 Å². The predicted octanol–water partition coefficient (Wildman–Crippen LogP) is 5.21. The first kappa shape index (κ1) is 15.5. The molecule has 0 saturated carbocycles. The van der Waals surface area contributed by atoms with Gasteiger partial charge in [-0.15, -0.1) is 11.6 Å². The van der Waals surface area contributed by atoms with E-state index in [9.17, 15) is 13.2 Å². The monoisotopic (exact) mass is 305 g/mol. The number of hydrogen-bond donors (Lipinski definition) is 0. The molecule has 1 aliphatic rings. The summed E-state index contributed by atoms with van der Waals surface area (Å²) in [6, 6.07) is 4.77. The summed E-state index contributed by atoms with van der Waals surface area (Å²) in [5, 5.41) is 0. The highest BCUT2D eigenvalue weighted by Crippen LogP contribution is 2.41. The van der Waals surface area contributed by atoms with Crippen molar-refractivity contribution >= 4 is 17.3 Å². The van der Waals surface area contributed by atoms with E-state index in [4.69, 9.17) is 11.6 Å². The van der Waals surface area contributed by atoms with Crippen molar-refractivity contribution in [2.24, 2.45) is 0 Å². The van der Waals surface area contributed by atoms with E-state index in [-0.39, 0.29) is 18.0 Å². The zero-order valence-electron chi connectivity index (χ0n) is 11.7. The van der Waals surface area contributed by atoms with Gasteiger partial charge < -0.3 is 4.90 Å². The summed E-state index contributed by atoms with van der Waals surface area (Å²) in [6.45, 7) is 4.02. The lowest BCUT2D eigenvalue weighted by molar-refractivity contribution is -0.137. The Labute approximate surface area is 122 Å². The topological polar surface area (TPSA) is 3.24 Å². The minimum atomic E-state index is -4.35. The molecule has 1 fully saturated rings. The number of benzene rings is 1. The molecular formula is C15H19ClF3N. The fourth-order valence-electron chi connectivity index (χ4n) is 3.03. The highest BCUT2D eigenvalue weighted by atomic mass is 35.5. The fraction of sp³-hybridized carbons (Fsp3) is 0.600. The van der Waals surface area contributed by atoms with Crippen LogP contribution in [0.1, 0.15) is 44.2 Å². The van der Waals surface area contributed by atoms with Crippen LogP contribution in [-0.4, -0.2) is 12.1 Å². The van der Waals surface area contributed by atoms with Crippen LogP contribution in [0, 0.1) is 0 Å². The van der Waals surface area contributed by atoms with Crippen LogP contribution in [0.3, 0.4) is 0 Å². The van der Waals surface area contributed by atoms with E-state index in [0.717, 1.165) is 19.3 Å². The van der Waals surface area contributed by atoms with Crippen LogP contribution < -0.4 is 4.90 Å². The molecule has 0 spiro atoms. The molecule has 0 aliphatic carbocycles. The summed E-state index contributed by atoms with van der Waals surface area (Å²) in [4.78, 5) is 1.93. The van der Waals surface area contributed by atoms with Gasteiger partial charge in [-0.05, 0) is 43.9 Å². The van der Waals surface area contributed by atoms with Gasteiger partial charge >= 0.3 is 6.18 Å². The summed E-state index contributed by atoms with van der Waals surface area (Å²) in [5.74, 6) is 0.0934. The van der Waals surface area contributed by atoms with Crippen molar-refractivity contribution in [3.05, 3.63) is 29.3 Å². The van der Waals surface area contributed by atoms with Gasteiger partial charge in [0.1, 0.15) is 0 Å². The lowest BCUT2D eigenvalue weighted by Crippen LogP contribution is -2.35. The van der Waals surface area contributed by atoms with E-state index in [0.29, 0.717) is 11.3 Å². The predicted molar refractivity (Wildman–Crippen MR) is 76.3 cm³/mol. The Morgan fingerprint density at radius 1 is 1.30 bits per heavy atom. The second kappa shape index (κ2) is 5.84. The first-order chi connectivity index (χ1) is 9.38. The number of alkyl halides is 4. The number of hydrogen-bond acceptors (Lipinski definition) is 1. The van der Waals surface area contributed by atoms with Gasteiger partial charge in [0.25, 0.3) is 0 Å². The maximum atomic E-state index is 13.3. The molecular weight excluding hydrogens is 287 g/mol. The van der Waals surface area contributed by atoms with Gasteiger partial charge in [-0.1, -0.05) is 13.0 Å². The van der Waals surface area contributed by atoms with Crippen molar-refractivity contribution in [3.63, 3.8) is 0 Å². The Morgan fingerprint density at radius 3 is 2.55 bits per heavy atom. The highest BCUT2D eigenvalue weighted by molar-refractivity contribution is 6.17. The van der Waals surface area contributed by atoms with Crippen molar-refractivity contribution < 1.29 is 13.2 Å². The van der Waals surface area contributed by atoms with Crippen molar-refractivity contribution in [2.45, 2.75) is 57.2 Å². The van der Waals surface area contributed by atoms with Crippen molar-refractivity contribution in [1.82, 2.24) is 0 Å². The van der Waals surface area contributed by atoms with Crippen LogP contribution in [0.15, 0.2) is 18.2 Å². The average molecular weight is 306 g/mol. The third kappa shape index (κ3) is 2.90. The lowest BCUT2D eigenvalue weighted by atomic mass is 10.1. The molecule has 2 rings (SSSR count). The molecule has 0 N–H and O–H groups in total. The molecule has 1 heterocycles. The number of rotatable bonds is 3. The van der Waals surface area contributed by atoms with E-state index in [1.807, 2.05) is 18.7 Å². The maximum absolute atomic E-state index is 13.3. The third-order valence-corrected chi connectivity index (χ3v) is 4.36. The Bertz CT molecular complexity index is 473. The lowest BCUT2D eigenvalue weighted by Gasteiger charge is -2.32. The fourth-order valence-corrected chi connectivity index (χ4v) is 3.19. The molecule has 0 bridgehead atoms. The number of nitrogens with zero attached hydrogens (tertiary/aromatic N) is 1. The first-order valence-electron chi connectivity index (χ1n) is 6.93. The Balaban J connectivity index is 2.50. The summed E-state index contributed by atoms with van der Waals surface area (Å²) in [5.41, 5.74) is 0.230. The van der Waals surface area contributed by atoms with Crippen LogP contribution >= 0.6 is 11.6 Å². The summed E-state index contributed by atoms with van der Waals surface area (Å²) in [6.07, 6.45) is -1.60. The molecule has 1 aliphatic heterocycles. The normalized spacial score (nSPS) is 23.4. The van der Waals surface area contributed by atoms with Crippen molar-refractivity contribution in [2.75, 3.05) is 4.90 Å². The Morgan fingerprint density at radius 2 is 2.00 bits per heavy atom. The standard InChI is InChI=1S/C15H19ClF3N/c1-3-12-6-4-10(2)20(12)14-7-5-11(9-16)8-13(14)15(17,18)19/h5,7-8,10,12H,3-4,6,9H2,1-2H3. The zero-order valence-corrected chi connectivity index (χ0v) is 12.4. The van der Waals surface area contributed by atoms with Crippen LogP contribution in [0.2, 0.25) is 0 Å². The van der Waals surface area contributed by atoms with E-state index in [1.54, 1.807) is 12.1 Å². The molecule has 5 heteroatoms. The summed E-state index contributed by atoms with van der Waals surface area (Å²) in [7, 11) is 0. The minimum absolute atomic E-state index is 0.0934. The van der Waals surface area contributed by atoms with Crippen molar-refractivity contribution in [1.29, 1.82) is 0 Å². The molecule has 112 valence electrons. The van der Waals surface area contributed by atoms with Crippen LogP contribution in [0.25, 0.3) is 0 Å². The Kier molecular flexibility index (Phi) is 4.52. The van der Waals surface area contributed by atoms with Gasteiger partial charge in [0.15, 0.2) is 0 Å². The largest absolute Gasteiger partial charge is 0.418 e. The van der Waals surface area contributed by atoms with Crippen LogP contribution in [0.5, 0.6) is 0 Å². The maximum Gasteiger partial charge on any atom is 0.418 e. The minimum Gasteiger partial charge on any atom is -0.365 e. The van der Waals surface area contributed by atoms with Gasteiger partial charge in [0.2, 0.25) is 0 Å². The molecule has 0 aromatic heterocycles. The molecule has 1 saturated heterocycles. The zero-order chi connectivity index (χ0) is 14.9. The van der Waals surface area contributed by atoms with Gasteiger partial charge in [0.05, 0.1) is 5.56 Å². The smallest absolute Gasteiger partial charge is 0.365 e. The quantitative estimate of drug-likeness (QED) is 0.693. The van der Waals surface area contributed by atoms with E-state index in [2.05, 4.69) is 0 Å². The first-order valence-corrected chi connectivity index (χ1v) is 7.46. The van der Waals surface area contributed by atoms with Gasteiger partial charge in [-0.3, -0.25) is 0 Å². The summed E-state index contributed by atoms with van der Waals surface area (Å²) >= 11 is 5.66. The van der Waals surface area contributed by atoms with Crippen molar-refractivity contribution in [3.8, 4) is 0 Å². The molecule has 1 aromatic rings. The second-order valence-electron chi connectivity index (χ2n) is 5.38. The average Bonchev–Trinajstić information content (AvgIpc) is 2.78. The SMILES string of the molecule is CCC1CCC(C)N1c1ccc(CCl)cc1C(F)(F)F. The van der Waals surface area contributed by atoms with Gasteiger partial charge in [-0.2, -0.15) is 13.2 Å². The number of anilines is 1.